The molecule has 0 aromatic carbocycles. The Morgan fingerprint density at radius 1 is 1.44 bits per heavy atom. The molecule has 0 radical (unpaired) electrons. The SMILES string of the molecule is C=C/C(=C\C)S(=C)(=C)C. The molecule has 0 saturated carbocycles. The smallest absolute Gasteiger partial charge is 0.00905 e. The minimum Gasteiger partial charge on any atom is -0.191 e. The van der Waals surface area contributed by atoms with Crippen LogP contribution < -0.4 is 0 Å². The minimum atomic E-state index is -1.02. The predicted molar refractivity (Wildman–Crippen MR) is 51.7 cm³/mol. The first-order valence-corrected chi connectivity index (χ1v) is 5.13. The highest BCUT2D eigenvalue weighted by atomic mass is 32.2. The first-order valence-electron chi connectivity index (χ1n) is 2.75. The topological polar surface area (TPSA) is 0 Å². The number of hydrogen-bond donors (Lipinski definition) is 0. The van der Waals surface area contributed by atoms with E-state index in [1.54, 1.807) is 0 Å². The van der Waals surface area contributed by atoms with Crippen LogP contribution in [0.4, 0.5) is 0 Å². The van der Waals surface area contributed by atoms with Gasteiger partial charge in [0, 0.05) is 0 Å². The van der Waals surface area contributed by atoms with Gasteiger partial charge in [0.25, 0.3) is 0 Å². The Labute approximate surface area is 58.4 Å². The molecule has 0 heterocycles. The summed E-state index contributed by atoms with van der Waals surface area (Å²) in [6, 6.07) is 0. The van der Waals surface area contributed by atoms with Gasteiger partial charge in [-0.3, -0.25) is 0 Å². The Kier molecular flexibility index (Phi) is 2.78. The molecule has 0 fully saturated rings. The van der Waals surface area contributed by atoms with Crippen LogP contribution in [-0.4, -0.2) is 18.0 Å². The van der Waals surface area contributed by atoms with Crippen molar-refractivity contribution >= 4 is 20.9 Å². The average Bonchev–Trinajstić information content (AvgIpc) is 1.65. The summed E-state index contributed by atoms with van der Waals surface area (Å²) < 4.78 is 0. The van der Waals surface area contributed by atoms with Crippen molar-refractivity contribution in [3.63, 3.8) is 0 Å². The van der Waals surface area contributed by atoms with Gasteiger partial charge in [-0.2, -0.15) is 9.21 Å². The monoisotopic (exact) mass is 142 g/mol. The normalized spacial score (nSPS) is 13.3. The minimum absolute atomic E-state index is 1.02. The molecule has 0 saturated heterocycles. The van der Waals surface area contributed by atoms with E-state index in [0.717, 1.165) is 0 Å². The van der Waals surface area contributed by atoms with Gasteiger partial charge in [-0.25, -0.2) is 0 Å². The van der Waals surface area contributed by atoms with Crippen molar-refractivity contribution in [1.29, 1.82) is 0 Å². The maximum Gasteiger partial charge on any atom is -0.00905 e. The van der Waals surface area contributed by atoms with Gasteiger partial charge >= 0.3 is 0 Å². The Morgan fingerprint density at radius 2 is 1.89 bits per heavy atom. The maximum absolute atomic E-state index is 3.95. The first-order chi connectivity index (χ1) is 4.02. The molecule has 0 rings (SSSR count). The van der Waals surface area contributed by atoms with E-state index in [-0.39, 0.29) is 0 Å². The standard InChI is InChI=1S/C8H14S/c1-6-8(7-2)9(3,4)5/h6-7H,1,3-4H2,2,5H3/b8-7+. The summed E-state index contributed by atoms with van der Waals surface area (Å²) in [7, 11) is -1.02. The van der Waals surface area contributed by atoms with Gasteiger partial charge in [-0.05, 0) is 18.1 Å². The Hall–Kier alpha value is -0.430. The highest BCUT2D eigenvalue weighted by Gasteiger charge is 1.89. The van der Waals surface area contributed by atoms with E-state index < -0.39 is 9.21 Å². The molecule has 0 aliphatic heterocycles. The van der Waals surface area contributed by atoms with Crippen molar-refractivity contribution in [2.75, 3.05) is 6.26 Å². The van der Waals surface area contributed by atoms with Gasteiger partial charge in [-0.1, -0.05) is 30.5 Å². The van der Waals surface area contributed by atoms with Crippen molar-refractivity contribution in [3.05, 3.63) is 23.6 Å². The lowest BCUT2D eigenvalue weighted by Crippen LogP contribution is -1.75. The molecule has 0 aliphatic carbocycles. The van der Waals surface area contributed by atoms with Gasteiger partial charge in [0.2, 0.25) is 0 Å². The van der Waals surface area contributed by atoms with Gasteiger partial charge in [0.1, 0.15) is 0 Å². The van der Waals surface area contributed by atoms with Crippen LogP contribution in [0.3, 0.4) is 0 Å². The molecule has 0 spiro atoms. The Bertz CT molecular complexity index is 215. The lowest BCUT2D eigenvalue weighted by atomic mass is 10.5. The quantitative estimate of drug-likeness (QED) is 0.410. The average molecular weight is 142 g/mol. The molecule has 0 aromatic heterocycles. The largest absolute Gasteiger partial charge is 0.191 e. The lowest BCUT2D eigenvalue weighted by Gasteiger charge is -2.06. The van der Waals surface area contributed by atoms with Gasteiger partial charge in [-0.15, -0.1) is 0 Å². The molecular weight excluding hydrogens is 128 g/mol. The molecule has 0 atom stereocenters. The van der Waals surface area contributed by atoms with Crippen LogP contribution in [0, 0.1) is 0 Å². The van der Waals surface area contributed by atoms with E-state index in [1.807, 2.05) is 25.3 Å². The fraction of sp³-hybridized carbons (Fsp3) is 0.250. The van der Waals surface area contributed by atoms with Crippen LogP contribution >= 0.6 is 9.21 Å². The third-order valence-corrected chi connectivity index (χ3v) is 2.60. The molecule has 52 valence electrons. The Morgan fingerprint density at radius 3 is 1.89 bits per heavy atom. The fourth-order valence-corrected chi connectivity index (χ4v) is 1.57. The molecule has 0 N–H and O–H groups in total. The first kappa shape index (κ1) is 8.57. The second-order valence-corrected chi connectivity index (χ2v) is 5.19. The molecule has 0 aliphatic rings. The molecule has 0 nitrogen and oxygen atoms in total. The van der Waals surface area contributed by atoms with E-state index in [1.165, 1.54) is 4.91 Å². The van der Waals surface area contributed by atoms with Crippen LogP contribution in [0.15, 0.2) is 23.6 Å². The molecule has 0 bridgehead atoms. The summed E-state index contributed by atoms with van der Waals surface area (Å²) in [6.07, 6.45) is 5.89. The Balaban J connectivity index is 4.77. The van der Waals surface area contributed by atoms with Crippen molar-refractivity contribution in [2.45, 2.75) is 6.92 Å². The summed E-state index contributed by atoms with van der Waals surface area (Å²) in [5, 5.41) is 0. The van der Waals surface area contributed by atoms with Gasteiger partial charge < -0.3 is 0 Å². The second-order valence-electron chi connectivity index (χ2n) is 2.17. The van der Waals surface area contributed by atoms with Gasteiger partial charge in [0.15, 0.2) is 0 Å². The van der Waals surface area contributed by atoms with Crippen molar-refractivity contribution < 1.29 is 0 Å². The lowest BCUT2D eigenvalue weighted by molar-refractivity contribution is 1.71. The molecule has 0 amide bonds. The van der Waals surface area contributed by atoms with Crippen LogP contribution in [0.2, 0.25) is 0 Å². The fourth-order valence-electron chi connectivity index (χ4n) is 0.604. The van der Waals surface area contributed by atoms with E-state index in [4.69, 9.17) is 0 Å². The second kappa shape index (κ2) is 2.92. The van der Waals surface area contributed by atoms with E-state index in [2.05, 4.69) is 18.3 Å². The summed E-state index contributed by atoms with van der Waals surface area (Å²) in [5.74, 6) is 7.89. The molecule has 0 aromatic rings. The molecule has 0 unspecified atom stereocenters. The third kappa shape index (κ3) is 2.56. The molecular formula is C8H14S. The third-order valence-electron chi connectivity index (χ3n) is 1.05. The summed E-state index contributed by atoms with van der Waals surface area (Å²) >= 11 is 0. The summed E-state index contributed by atoms with van der Waals surface area (Å²) in [6.45, 7) is 5.66. The van der Waals surface area contributed by atoms with Crippen LogP contribution in [-0.2, 0) is 0 Å². The van der Waals surface area contributed by atoms with Crippen molar-refractivity contribution in [1.82, 2.24) is 0 Å². The zero-order valence-corrected chi connectivity index (χ0v) is 7.00. The van der Waals surface area contributed by atoms with Crippen molar-refractivity contribution in [3.8, 4) is 0 Å². The highest BCUT2D eigenvalue weighted by Crippen LogP contribution is 2.25. The number of allylic oxidation sites excluding steroid dienone is 2. The maximum atomic E-state index is 3.95. The molecule has 9 heavy (non-hydrogen) atoms. The summed E-state index contributed by atoms with van der Waals surface area (Å²) in [5.41, 5.74) is 0. The predicted octanol–water partition coefficient (Wildman–Crippen LogP) is 2.37. The number of rotatable bonds is 2. The van der Waals surface area contributed by atoms with E-state index >= 15 is 0 Å². The zero-order chi connectivity index (χ0) is 7.49. The van der Waals surface area contributed by atoms with Gasteiger partial charge in [0.05, 0.1) is 0 Å². The summed E-state index contributed by atoms with van der Waals surface area (Å²) in [4.78, 5) is 1.17. The van der Waals surface area contributed by atoms with E-state index in [0.29, 0.717) is 0 Å². The van der Waals surface area contributed by atoms with E-state index in [9.17, 15) is 0 Å². The van der Waals surface area contributed by atoms with Crippen LogP contribution in [0.5, 0.6) is 0 Å². The molecule has 1 heteroatoms. The zero-order valence-electron chi connectivity index (χ0n) is 6.18. The number of hydrogen-bond acceptors (Lipinski definition) is 0. The van der Waals surface area contributed by atoms with Crippen LogP contribution in [0.25, 0.3) is 0 Å². The highest BCUT2D eigenvalue weighted by molar-refractivity contribution is 8.30. The van der Waals surface area contributed by atoms with Crippen molar-refractivity contribution in [2.24, 2.45) is 0 Å². The van der Waals surface area contributed by atoms with Crippen LogP contribution in [0.1, 0.15) is 6.92 Å².